The number of hydrogen-bond acceptors (Lipinski definition) is 3. The van der Waals surface area contributed by atoms with Gasteiger partial charge in [-0.1, -0.05) is 12.2 Å². The molecule has 0 spiro atoms. The van der Waals surface area contributed by atoms with Crippen LogP contribution in [0.3, 0.4) is 0 Å². The van der Waals surface area contributed by atoms with Crippen LogP contribution in [0.4, 0.5) is 0 Å². The highest BCUT2D eigenvalue weighted by molar-refractivity contribution is 7.80. The molecule has 2 fully saturated rings. The van der Waals surface area contributed by atoms with Crippen molar-refractivity contribution in [1.29, 1.82) is 0 Å². The Labute approximate surface area is 101 Å². The summed E-state index contributed by atoms with van der Waals surface area (Å²) in [4.78, 5) is 12.4. The predicted octanol–water partition coefficient (Wildman–Crippen LogP) is 0.736. The fourth-order valence-corrected chi connectivity index (χ4v) is 2.46. The van der Waals surface area contributed by atoms with Gasteiger partial charge in [-0.15, -0.1) is 0 Å². The van der Waals surface area contributed by atoms with Crippen LogP contribution in [0.15, 0.2) is 0 Å². The second-order valence-corrected chi connectivity index (χ2v) is 5.26. The summed E-state index contributed by atoms with van der Waals surface area (Å²) >= 11 is 4.95. The van der Waals surface area contributed by atoms with Crippen LogP contribution in [0.25, 0.3) is 0 Å². The van der Waals surface area contributed by atoms with Crippen LogP contribution in [0, 0.1) is 5.41 Å². The van der Waals surface area contributed by atoms with Crippen LogP contribution >= 0.6 is 12.2 Å². The minimum atomic E-state index is -0.531. The zero-order valence-electron chi connectivity index (χ0n) is 9.49. The van der Waals surface area contributed by atoms with Crippen LogP contribution in [-0.4, -0.2) is 29.6 Å². The first-order chi connectivity index (χ1) is 7.54. The summed E-state index contributed by atoms with van der Waals surface area (Å²) in [6.07, 6.45) is 3.57. The minimum Gasteiger partial charge on any atom is -0.392 e. The van der Waals surface area contributed by atoms with E-state index in [1.165, 1.54) is 0 Å². The minimum absolute atomic E-state index is 0.0131. The predicted molar refractivity (Wildman–Crippen MR) is 65.0 cm³/mol. The summed E-state index contributed by atoms with van der Waals surface area (Å²) in [5.74, 6) is 0.0131. The average Bonchev–Trinajstić information content (AvgIpc) is 2.97. The Kier molecular flexibility index (Phi) is 3.17. The zero-order valence-corrected chi connectivity index (χ0v) is 10.3. The first-order valence-corrected chi connectivity index (χ1v) is 6.18. The molecule has 0 bridgehead atoms. The largest absolute Gasteiger partial charge is 0.392 e. The van der Waals surface area contributed by atoms with Crippen molar-refractivity contribution in [2.24, 2.45) is 11.1 Å². The van der Waals surface area contributed by atoms with E-state index >= 15 is 0 Å². The Balaban J connectivity index is 1.90. The van der Waals surface area contributed by atoms with Crippen molar-refractivity contribution >= 4 is 23.1 Å². The molecule has 2 aliphatic rings. The van der Waals surface area contributed by atoms with Crippen molar-refractivity contribution in [2.75, 3.05) is 6.61 Å². The number of carbonyl (C=O) groups is 1. The molecule has 0 aromatic rings. The monoisotopic (exact) mass is 242 g/mol. The van der Waals surface area contributed by atoms with Gasteiger partial charge in [-0.25, -0.2) is 0 Å². The molecular weight excluding hydrogens is 224 g/mol. The van der Waals surface area contributed by atoms with Gasteiger partial charge in [0.15, 0.2) is 0 Å². The van der Waals surface area contributed by atoms with Gasteiger partial charge >= 0.3 is 0 Å². The summed E-state index contributed by atoms with van der Waals surface area (Å²) in [5.41, 5.74) is 5.08. The van der Waals surface area contributed by atoms with E-state index in [0.29, 0.717) is 11.6 Å². The third-order valence-electron chi connectivity index (χ3n) is 3.48. The fourth-order valence-electron chi connectivity index (χ4n) is 2.16. The van der Waals surface area contributed by atoms with Gasteiger partial charge in [0.25, 0.3) is 0 Å². The van der Waals surface area contributed by atoms with Gasteiger partial charge in [-0.2, -0.15) is 0 Å². The maximum absolute atomic E-state index is 12.0. The van der Waals surface area contributed by atoms with Gasteiger partial charge in [0.1, 0.15) is 0 Å². The summed E-state index contributed by atoms with van der Waals surface area (Å²) < 4.78 is 5.44. The molecule has 1 aliphatic carbocycles. The highest BCUT2D eigenvalue weighted by Crippen LogP contribution is 2.46. The molecule has 0 radical (unpaired) electrons. The van der Waals surface area contributed by atoms with Crippen LogP contribution in [0.1, 0.15) is 32.6 Å². The van der Waals surface area contributed by atoms with E-state index in [1.807, 2.05) is 6.92 Å². The molecular formula is C11H18N2O2S. The number of nitrogens with two attached hydrogens (primary N) is 1. The molecule has 1 aliphatic heterocycles. The van der Waals surface area contributed by atoms with Gasteiger partial charge in [0, 0.05) is 12.6 Å². The SMILES string of the molecule is CC1CC(NC(=O)C2(C(N)=S)CC2)CCO1. The Morgan fingerprint density at radius 2 is 2.25 bits per heavy atom. The summed E-state index contributed by atoms with van der Waals surface area (Å²) in [7, 11) is 0. The van der Waals surface area contributed by atoms with E-state index in [4.69, 9.17) is 22.7 Å². The zero-order chi connectivity index (χ0) is 11.8. The molecule has 0 aromatic heterocycles. The Bertz CT molecular complexity index is 315. The van der Waals surface area contributed by atoms with Crippen molar-refractivity contribution in [3.63, 3.8) is 0 Å². The maximum Gasteiger partial charge on any atom is 0.233 e. The summed E-state index contributed by atoms with van der Waals surface area (Å²) in [6.45, 7) is 2.74. The molecule has 2 rings (SSSR count). The van der Waals surface area contributed by atoms with E-state index < -0.39 is 5.41 Å². The number of hydrogen-bond donors (Lipinski definition) is 2. The quantitative estimate of drug-likeness (QED) is 0.716. The number of ether oxygens (including phenoxy) is 1. The lowest BCUT2D eigenvalue weighted by molar-refractivity contribution is -0.125. The van der Waals surface area contributed by atoms with Crippen LogP contribution in [0.5, 0.6) is 0 Å². The third kappa shape index (κ3) is 2.20. The van der Waals surface area contributed by atoms with Crippen molar-refractivity contribution in [3.8, 4) is 0 Å². The van der Waals surface area contributed by atoms with Gasteiger partial charge in [0.05, 0.1) is 16.5 Å². The lowest BCUT2D eigenvalue weighted by atomic mass is 10.0. The van der Waals surface area contributed by atoms with Crippen molar-refractivity contribution in [1.82, 2.24) is 5.32 Å². The normalized spacial score (nSPS) is 31.8. The fraction of sp³-hybridized carbons (Fsp3) is 0.818. The van der Waals surface area contributed by atoms with E-state index in [1.54, 1.807) is 0 Å². The van der Waals surface area contributed by atoms with Crippen molar-refractivity contribution in [2.45, 2.75) is 44.8 Å². The highest BCUT2D eigenvalue weighted by atomic mass is 32.1. The van der Waals surface area contributed by atoms with Gasteiger partial charge < -0.3 is 15.8 Å². The number of thiocarbonyl (C=S) groups is 1. The van der Waals surface area contributed by atoms with E-state index in [0.717, 1.165) is 25.7 Å². The molecule has 1 saturated carbocycles. The number of carbonyl (C=O) groups excluding carboxylic acids is 1. The number of nitrogens with one attached hydrogen (secondary N) is 1. The molecule has 5 heteroatoms. The first kappa shape index (κ1) is 11.8. The van der Waals surface area contributed by atoms with Crippen LogP contribution in [-0.2, 0) is 9.53 Å². The summed E-state index contributed by atoms with van der Waals surface area (Å²) in [5, 5.41) is 3.05. The molecule has 16 heavy (non-hydrogen) atoms. The molecule has 4 nitrogen and oxygen atoms in total. The Morgan fingerprint density at radius 1 is 1.56 bits per heavy atom. The van der Waals surface area contributed by atoms with E-state index in [2.05, 4.69) is 5.32 Å². The van der Waals surface area contributed by atoms with Crippen LogP contribution < -0.4 is 11.1 Å². The molecule has 1 heterocycles. The Morgan fingerprint density at radius 3 is 2.75 bits per heavy atom. The molecule has 90 valence electrons. The molecule has 2 atom stereocenters. The van der Waals surface area contributed by atoms with Crippen molar-refractivity contribution < 1.29 is 9.53 Å². The number of rotatable bonds is 3. The van der Waals surface area contributed by atoms with E-state index in [-0.39, 0.29) is 18.1 Å². The molecule has 2 unspecified atom stereocenters. The maximum atomic E-state index is 12.0. The lowest BCUT2D eigenvalue weighted by Crippen LogP contribution is -2.47. The van der Waals surface area contributed by atoms with Gasteiger partial charge in [-0.3, -0.25) is 4.79 Å². The van der Waals surface area contributed by atoms with Crippen molar-refractivity contribution in [3.05, 3.63) is 0 Å². The van der Waals surface area contributed by atoms with Gasteiger partial charge in [-0.05, 0) is 32.6 Å². The molecule has 1 amide bonds. The first-order valence-electron chi connectivity index (χ1n) is 5.77. The Hall–Kier alpha value is -0.680. The lowest BCUT2D eigenvalue weighted by Gasteiger charge is -2.29. The van der Waals surface area contributed by atoms with Crippen LogP contribution in [0.2, 0.25) is 0 Å². The third-order valence-corrected chi connectivity index (χ3v) is 3.87. The topological polar surface area (TPSA) is 64.4 Å². The number of amides is 1. The second-order valence-electron chi connectivity index (χ2n) is 4.82. The van der Waals surface area contributed by atoms with E-state index in [9.17, 15) is 4.79 Å². The molecule has 3 N–H and O–H groups in total. The summed E-state index contributed by atoms with van der Waals surface area (Å²) in [6, 6.07) is 0.211. The molecule has 0 aromatic carbocycles. The van der Waals surface area contributed by atoms with Gasteiger partial charge in [0.2, 0.25) is 5.91 Å². The molecule has 1 saturated heterocycles. The highest BCUT2D eigenvalue weighted by Gasteiger charge is 2.53. The standard InChI is InChI=1S/C11H18N2O2S/c1-7-6-8(2-5-15-7)13-10(14)11(3-4-11)9(12)16/h7-8H,2-6H2,1H3,(H2,12,16)(H,13,14). The second kappa shape index (κ2) is 4.30. The average molecular weight is 242 g/mol. The smallest absolute Gasteiger partial charge is 0.233 e.